The minimum atomic E-state index is -0.495. The Kier molecular flexibility index (Phi) is 3.24. The van der Waals surface area contributed by atoms with Gasteiger partial charge in [-0.05, 0) is 5.92 Å². The van der Waals surface area contributed by atoms with Gasteiger partial charge in [0, 0.05) is 13.0 Å². The van der Waals surface area contributed by atoms with E-state index in [1.807, 2.05) is 13.8 Å². The molecule has 5 heteroatoms. The van der Waals surface area contributed by atoms with Crippen LogP contribution < -0.4 is 11.3 Å². The second kappa shape index (κ2) is 4.04. The van der Waals surface area contributed by atoms with Gasteiger partial charge < -0.3 is 9.47 Å². The molecule has 0 unspecified atom stereocenters. The molecule has 1 heterocycles. The van der Waals surface area contributed by atoms with Crippen LogP contribution in [0, 0.1) is 11.8 Å². The zero-order chi connectivity index (χ0) is 10.0. The number of hydrogen-bond acceptors (Lipinski definition) is 4. The summed E-state index contributed by atoms with van der Waals surface area (Å²) in [4.78, 5) is 11.2. The molecule has 1 aliphatic heterocycles. The van der Waals surface area contributed by atoms with E-state index in [-0.39, 0.29) is 24.0 Å². The molecule has 0 aliphatic carbocycles. The molecule has 0 aromatic heterocycles. The van der Waals surface area contributed by atoms with E-state index in [2.05, 4.69) is 5.43 Å². The topological polar surface area (TPSA) is 73.6 Å². The number of methoxy groups -OCH3 is 1. The highest BCUT2D eigenvalue weighted by Crippen LogP contribution is 2.32. The Morgan fingerprint density at radius 2 is 2.08 bits per heavy atom. The predicted octanol–water partition coefficient (Wildman–Crippen LogP) is -0.380. The number of nitrogens with one attached hydrogen (secondary N) is 1. The molecule has 76 valence electrons. The maximum atomic E-state index is 11.2. The Balaban J connectivity index is 2.65. The molecule has 4 atom stereocenters. The standard InChI is InChI=1S/C8H16N2O3/c1-4-5(2)8(12-3)13-6(4)7(11)10-9/h4-6,8H,9H2,1-3H3,(H,10,11)/t4-,5+,6-,8+/m0/s1. The normalized spacial score (nSPS) is 39.1. The van der Waals surface area contributed by atoms with Crippen LogP contribution in [0.2, 0.25) is 0 Å². The highest BCUT2D eigenvalue weighted by atomic mass is 16.7. The van der Waals surface area contributed by atoms with Crippen LogP contribution in [0.25, 0.3) is 0 Å². The number of rotatable bonds is 2. The van der Waals surface area contributed by atoms with Crippen LogP contribution in [0.4, 0.5) is 0 Å². The number of amides is 1. The zero-order valence-electron chi connectivity index (χ0n) is 8.11. The van der Waals surface area contributed by atoms with E-state index in [0.717, 1.165) is 0 Å². The molecule has 0 aromatic rings. The lowest BCUT2D eigenvalue weighted by molar-refractivity contribution is -0.153. The molecule has 1 rings (SSSR count). The lowest BCUT2D eigenvalue weighted by atomic mass is 9.93. The maximum Gasteiger partial charge on any atom is 0.263 e. The highest BCUT2D eigenvalue weighted by Gasteiger charge is 2.42. The first-order valence-corrected chi connectivity index (χ1v) is 4.30. The minimum Gasteiger partial charge on any atom is -0.356 e. The second-order valence-electron chi connectivity index (χ2n) is 3.39. The second-order valence-corrected chi connectivity index (χ2v) is 3.39. The van der Waals surface area contributed by atoms with Crippen molar-refractivity contribution in [2.75, 3.05) is 7.11 Å². The summed E-state index contributed by atoms with van der Waals surface area (Å²) in [5.41, 5.74) is 2.08. The third-order valence-electron chi connectivity index (χ3n) is 2.65. The van der Waals surface area contributed by atoms with Crippen molar-refractivity contribution in [1.29, 1.82) is 0 Å². The van der Waals surface area contributed by atoms with Crippen LogP contribution in [-0.4, -0.2) is 25.4 Å². The molecule has 3 N–H and O–H groups in total. The van der Waals surface area contributed by atoms with E-state index in [1.54, 1.807) is 7.11 Å². The molecule has 0 radical (unpaired) electrons. The minimum absolute atomic E-state index is 0.119. The number of carbonyl (C=O) groups is 1. The fourth-order valence-corrected chi connectivity index (χ4v) is 1.57. The van der Waals surface area contributed by atoms with Gasteiger partial charge >= 0.3 is 0 Å². The van der Waals surface area contributed by atoms with Crippen LogP contribution in [0.3, 0.4) is 0 Å². The third-order valence-corrected chi connectivity index (χ3v) is 2.65. The first kappa shape index (κ1) is 10.4. The molecule has 1 fully saturated rings. The smallest absolute Gasteiger partial charge is 0.263 e. The monoisotopic (exact) mass is 188 g/mol. The molecule has 13 heavy (non-hydrogen) atoms. The fraction of sp³-hybridized carbons (Fsp3) is 0.875. The van der Waals surface area contributed by atoms with Gasteiger partial charge in [-0.25, -0.2) is 5.84 Å². The van der Waals surface area contributed by atoms with E-state index in [4.69, 9.17) is 15.3 Å². The lowest BCUT2D eigenvalue weighted by Gasteiger charge is -2.13. The van der Waals surface area contributed by atoms with E-state index in [9.17, 15) is 4.79 Å². The summed E-state index contributed by atoms with van der Waals surface area (Å²) in [7, 11) is 1.57. The van der Waals surface area contributed by atoms with Gasteiger partial charge in [0.1, 0.15) is 6.10 Å². The van der Waals surface area contributed by atoms with Crippen molar-refractivity contribution in [3.8, 4) is 0 Å². The van der Waals surface area contributed by atoms with Gasteiger partial charge in [0.2, 0.25) is 0 Å². The molecular formula is C8H16N2O3. The average Bonchev–Trinajstić information content (AvgIpc) is 2.43. The van der Waals surface area contributed by atoms with E-state index in [1.165, 1.54) is 0 Å². The molecule has 5 nitrogen and oxygen atoms in total. The highest BCUT2D eigenvalue weighted by molar-refractivity contribution is 5.80. The van der Waals surface area contributed by atoms with Gasteiger partial charge in [-0.15, -0.1) is 0 Å². The van der Waals surface area contributed by atoms with Crippen LogP contribution in [0.1, 0.15) is 13.8 Å². The molecule has 0 spiro atoms. The van der Waals surface area contributed by atoms with E-state index >= 15 is 0 Å². The Labute approximate surface area is 77.5 Å². The van der Waals surface area contributed by atoms with E-state index < -0.39 is 6.10 Å². The first-order chi connectivity index (χ1) is 6.11. The van der Waals surface area contributed by atoms with Gasteiger partial charge in [-0.3, -0.25) is 10.2 Å². The van der Waals surface area contributed by atoms with Crippen molar-refractivity contribution in [1.82, 2.24) is 5.43 Å². The van der Waals surface area contributed by atoms with Crippen molar-refractivity contribution in [3.05, 3.63) is 0 Å². The van der Waals surface area contributed by atoms with Gasteiger partial charge in [0.15, 0.2) is 6.29 Å². The Morgan fingerprint density at radius 3 is 2.46 bits per heavy atom. The summed E-state index contributed by atoms with van der Waals surface area (Å²) in [5, 5.41) is 0. The number of ether oxygens (including phenoxy) is 2. The average molecular weight is 188 g/mol. The summed E-state index contributed by atoms with van der Waals surface area (Å²) >= 11 is 0. The Morgan fingerprint density at radius 1 is 1.46 bits per heavy atom. The van der Waals surface area contributed by atoms with Gasteiger partial charge in [0.25, 0.3) is 5.91 Å². The third kappa shape index (κ3) is 1.82. The molecule has 1 amide bonds. The van der Waals surface area contributed by atoms with Gasteiger partial charge in [0.05, 0.1) is 0 Å². The number of carbonyl (C=O) groups excluding carboxylic acids is 1. The SMILES string of the molecule is CO[C@@H]1O[C@H](C(=O)NN)[C@@H](C)[C@H]1C. The van der Waals surface area contributed by atoms with E-state index in [0.29, 0.717) is 0 Å². The molecule has 0 bridgehead atoms. The molecule has 0 aromatic carbocycles. The number of nitrogens with two attached hydrogens (primary N) is 1. The summed E-state index contributed by atoms with van der Waals surface area (Å²) in [5.74, 6) is 5.05. The van der Waals surface area contributed by atoms with Gasteiger partial charge in [-0.1, -0.05) is 13.8 Å². The molecular weight excluding hydrogens is 172 g/mol. The Bertz CT molecular complexity index is 198. The Hall–Kier alpha value is -0.650. The summed E-state index contributed by atoms with van der Waals surface area (Å²) < 4.78 is 10.4. The van der Waals surface area contributed by atoms with Crippen LogP contribution in [-0.2, 0) is 14.3 Å². The van der Waals surface area contributed by atoms with Gasteiger partial charge in [-0.2, -0.15) is 0 Å². The van der Waals surface area contributed by atoms with Crippen molar-refractivity contribution >= 4 is 5.91 Å². The summed E-state index contributed by atoms with van der Waals surface area (Å²) in [6, 6.07) is 0. The first-order valence-electron chi connectivity index (χ1n) is 4.30. The van der Waals surface area contributed by atoms with Crippen molar-refractivity contribution < 1.29 is 14.3 Å². The van der Waals surface area contributed by atoms with Crippen molar-refractivity contribution in [3.63, 3.8) is 0 Å². The molecule has 0 saturated carbocycles. The maximum absolute atomic E-state index is 11.2. The fourth-order valence-electron chi connectivity index (χ4n) is 1.57. The lowest BCUT2D eigenvalue weighted by Crippen LogP contribution is -2.41. The molecule has 1 saturated heterocycles. The number of hydrazine groups is 1. The van der Waals surface area contributed by atoms with Crippen molar-refractivity contribution in [2.45, 2.75) is 26.2 Å². The number of hydrogen-bond donors (Lipinski definition) is 2. The molecule has 1 aliphatic rings. The summed E-state index contributed by atoms with van der Waals surface area (Å²) in [6.45, 7) is 3.94. The largest absolute Gasteiger partial charge is 0.356 e. The van der Waals surface area contributed by atoms with Crippen LogP contribution in [0.15, 0.2) is 0 Å². The summed E-state index contributed by atoms with van der Waals surface area (Å²) in [6.07, 6.45) is -0.803. The predicted molar refractivity (Wildman–Crippen MR) is 46.3 cm³/mol. The quantitative estimate of drug-likeness (QED) is 0.352. The van der Waals surface area contributed by atoms with Crippen LogP contribution in [0.5, 0.6) is 0 Å². The van der Waals surface area contributed by atoms with Crippen molar-refractivity contribution in [2.24, 2.45) is 17.7 Å². The zero-order valence-corrected chi connectivity index (χ0v) is 8.11. The van der Waals surface area contributed by atoms with Crippen LogP contribution >= 0.6 is 0 Å².